The van der Waals surface area contributed by atoms with Crippen molar-refractivity contribution < 1.29 is 5.11 Å². The molecule has 0 aliphatic rings. The van der Waals surface area contributed by atoms with Gasteiger partial charge in [0.25, 0.3) is 0 Å². The SMILES string of the molecule is C[C@@H](CO)Nc1n[nH]c2c(-c3cnn(C)c3)nc(-c3ccc(Cl)cc3)cc12. The standard InChI is InChI=1S/C19H19ClN6O/c1-11(10-27)22-19-15-7-16(12-3-5-14(20)6-4-12)23-17(18(15)24-25-19)13-8-21-26(2)9-13/h3-9,11,27H,10H2,1-2H3,(H2,22,24,25)/t11-/m0/s1. The van der Waals surface area contributed by atoms with Gasteiger partial charge in [0.05, 0.1) is 29.7 Å². The van der Waals surface area contributed by atoms with Crippen molar-refractivity contribution in [1.82, 2.24) is 25.0 Å². The molecule has 0 saturated heterocycles. The number of rotatable bonds is 5. The first kappa shape index (κ1) is 17.5. The van der Waals surface area contributed by atoms with Crippen molar-refractivity contribution in [2.45, 2.75) is 13.0 Å². The molecular formula is C19H19ClN6O. The van der Waals surface area contributed by atoms with Crippen LogP contribution in [0.5, 0.6) is 0 Å². The van der Waals surface area contributed by atoms with Crippen LogP contribution in [0.1, 0.15) is 6.92 Å². The van der Waals surface area contributed by atoms with Gasteiger partial charge in [-0.05, 0) is 25.1 Å². The van der Waals surface area contributed by atoms with Gasteiger partial charge in [-0.1, -0.05) is 23.7 Å². The number of aromatic nitrogens is 5. The van der Waals surface area contributed by atoms with Crippen LogP contribution in [0.3, 0.4) is 0 Å². The Labute approximate surface area is 161 Å². The van der Waals surface area contributed by atoms with Crippen LogP contribution >= 0.6 is 11.6 Å². The first-order chi connectivity index (χ1) is 13.0. The molecule has 138 valence electrons. The summed E-state index contributed by atoms with van der Waals surface area (Å²) >= 11 is 6.03. The zero-order valence-electron chi connectivity index (χ0n) is 14.9. The number of hydrogen-bond donors (Lipinski definition) is 3. The summed E-state index contributed by atoms with van der Waals surface area (Å²) in [5.74, 6) is 0.675. The second-order valence-electron chi connectivity index (χ2n) is 6.49. The van der Waals surface area contributed by atoms with E-state index in [0.717, 1.165) is 33.4 Å². The van der Waals surface area contributed by atoms with Gasteiger partial charge in [-0.3, -0.25) is 9.78 Å². The fraction of sp³-hybridized carbons (Fsp3) is 0.211. The van der Waals surface area contributed by atoms with Crippen LogP contribution in [0.15, 0.2) is 42.7 Å². The van der Waals surface area contributed by atoms with Gasteiger partial charge in [0.15, 0.2) is 5.82 Å². The molecule has 0 radical (unpaired) electrons. The Morgan fingerprint density at radius 3 is 2.70 bits per heavy atom. The van der Waals surface area contributed by atoms with Gasteiger partial charge in [0.2, 0.25) is 0 Å². The third-order valence-corrected chi connectivity index (χ3v) is 4.58. The number of aryl methyl sites for hydroxylation is 1. The third-order valence-electron chi connectivity index (χ3n) is 4.33. The lowest BCUT2D eigenvalue weighted by Gasteiger charge is -2.11. The molecule has 0 amide bonds. The Balaban J connectivity index is 1.93. The summed E-state index contributed by atoms with van der Waals surface area (Å²) in [6.07, 6.45) is 3.69. The average Bonchev–Trinajstić information content (AvgIpc) is 3.28. The highest BCUT2D eigenvalue weighted by Gasteiger charge is 2.17. The third kappa shape index (κ3) is 3.39. The molecule has 0 aliphatic heterocycles. The summed E-state index contributed by atoms with van der Waals surface area (Å²) < 4.78 is 1.74. The number of halogens is 1. The van der Waals surface area contributed by atoms with Crippen molar-refractivity contribution in [2.24, 2.45) is 7.05 Å². The lowest BCUT2D eigenvalue weighted by atomic mass is 10.1. The number of nitrogens with one attached hydrogen (secondary N) is 2. The Bertz CT molecular complexity index is 1090. The number of aliphatic hydroxyl groups is 1. The van der Waals surface area contributed by atoms with E-state index in [1.807, 2.05) is 50.5 Å². The summed E-state index contributed by atoms with van der Waals surface area (Å²) in [6, 6.07) is 9.42. The zero-order valence-corrected chi connectivity index (χ0v) is 15.7. The van der Waals surface area contributed by atoms with Crippen LogP contribution in [0.25, 0.3) is 33.4 Å². The molecule has 0 saturated carbocycles. The van der Waals surface area contributed by atoms with Crippen molar-refractivity contribution >= 4 is 28.3 Å². The fourth-order valence-electron chi connectivity index (χ4n) is 2.93. The van der Waals surface area contributed by atoms with Crippen molar-refractivity contribution in [1.29, 1.82) is 0 Å². The molecular weight excluding hydrogens is 364 g/mol. The van der Waals surface area contributed by atoms with E-state index in [9.17, 15) is 5.11 Å². The molecule has 3 N–H and O–H groups in total. The molecule has 0 fully saturated rings. The van der Waals surface area contributed by atoms with Crippen LogP contribution in [0.2, 0.25) is 5.02 Å². The van der Waals surface area contributed by atoms with Crippen molar-refractivity contribution in [2.75, 3.05) is 11.9 Å². The molecule has 7 nitrogen and oxygen atoms in total. The highest BCUT2D eigenvalue weighted by Crippen LogP contribution is 2.33. The van der Waals surface area contributed by atoms with E-state index >= 15 is 0 Å². The number of benzene rings is 1. The van der Waals surface area contributed by atoms with Crippen LogP contribution in [0, 0.1) is 0 Å². The summed E-state index contributed by atoms with van der Waals surface area (Å²) in [7, 11) is 1.87. The molecule has 0 spiro atoms. The number of aromatic amines is 1. The number of hydrogen-bond acceptors (Lipinski definition) is 5. The maximum atomic E-state index is 9.36. The lowest BCUT2D eigenvalue weighted by Crippen LogP contribution is -2.19. The first-order valence-electron chi connectivity index (χ1n) is 8.56. The van der Waals surface area contributed by atoms with E-state index < -0.39 is 0 Å². The number of nitrogens with zero attached hydrogens (tertiary/aromatic N) is 4. The molecule has 4 aromatic rings. The Hall–Kier alpha value is -2.90. The maximum Gasteiger partial charge on any atom is 0.156 e. The van der Waals surface area contributed by atoms with Crippen LogP contribution in [0.4, 0.5) is 5.82 Å². The predicted molar refractivity (Wildman–Crippen MR) is 107 cm³/mol. The van der Waals surface area contributed by atoms with Gasteiger partial charge >= 0.3 is 0 Å². The van der Waals surface area contributed by atoms with Crippen LogP contribution < -0.4 is 5.32 Å². The van der Waals surface area contributed by atoms with Gasteiger partial charge in [0.1, 0.15) is 0 Å². The van der Waals surface area contributed by atoms with Crippen molar-refractivity contribution in [3.8, 4) is 22.5 Å². The van der Waals surface area contributed by atoms with Gasteiger partial charge in [-0.2, -0.15) is 10.2 Å². The summed E-state index contributed by atoms with van der Waals surface area (Å²) in [5, 5.41) is 25.9. The molecule has 27 heavy (non-hydrogen) atoms. The quantitative estimate of drug-likeness (QED) is 0.491. The smallest absolute Gasteiger partial charge is 0.156 e. The minimum Gasteiger partial charge on any atom is -0.394 e. The Morgan fingerprint density at radius 2 is 2.04 bits per heavy atom. The second-order valence-corrected chi connectivity index (χ2v) is 6.92. The molecule has 0 bridgehead atoms. The molecule has 1 atom stereocenters. The minimum absolute atomic E-state index is 0.0128. The van der Waals surface area contributed by atoms with Crippen LogP contribution in [-0.4, -0.2) is 42.7 Å². The van der Waals surface area contributed by atoms with E-state index in [2.05, 4.69) is 20.6 Å². The largest absolute Gasteiger partial charge is 0.394 e. The maximum absolute atomic E-state index is 9.36. The monoisotopic (exact) mass is 382 g/mol. The van der Waals surface area contributed by atoms with E-state index in [-0.39, 0.29) is 12.6 Å². The number of pyridine rings is 1. The second kappa shape index (κ2) is 7.02. The Kier molecular flexibility index (Phi) is 4.55. The number of aliphatic hydroxyl groups excluding tert-OH is 1. The predicted octanol–water partition coefficient (Wildman–Crippen LogP) is 3.47. The normalized spacial score (nSPS) is 12.4. The molecule has 0 aliphatic carbocycles. The zero-order chi connectivity index (χ0) is 19.0. The molecule has 8 heteroatoms. The molecule has 1 aromatic carbocycles. The minimum atomic E-state index is -0.120. The number of fused-ring (bicyclic) bond motifs is 1. The van der Waals surface area contributed by atoms with E-state index in [0.29, 0.717) is 10.8 Å². The van der Waals surface area contributed by atoms with Gasteiger partial charge in [0, 0.05) is 40.8 Å². The van der Waals surface area contributed by atoms with Gasteiger partial charge in [-0.25, -0.2) is 4.98 Å². The van der Waals surface area contributed by atoms with Crippen LogP contribution in [-0.2, 0) is 7.05 Å². The average molecular weight is 383 g/mol. The number of anilines is 1. The van der Waals surface area contributed by atoms with Gasteiger partial charge in [-0.15, -0.1) is 0 Å². The van der Waals surface area contributed by atoms with Gasteiger partial charge < -0.3 is 10.4 Å². The van der Waals surface area contributed by atoms with Crippen molar-refractivity contribution in [3.05, 3.63) is 47.7 Å². The summed E-state index contributed by atoms with van der Waals surface area (Å²) in [4.78, 5) is 4.85. The van der Waals surface area contributed by atoms with Crippen molar-refractivity contribution in [3.63, 3.8) is 0 Å². The summed E-state index contributed by atoms with van der Waals surface area (Å²) in [6.45, 7) is 1.91. The molecule has 0 unspecified atom stereocenters. The first-order valence-corrected chi connectivity index (χ1v) is 8.94. The highest BCUT2D eigenvalue weighted by molar-refractivity contribution is 6.30. The lowest BCUT2D eigenvalue weighted by molar-refractivity contribution is 0.281. The topological polar surface area (TPSA) is 91.6 Å². The number of H-pyrrole nitrogens is 1. The Morgan fingerprint density at radius 1 is 1.26 bits per heavy atom. The fourth-order valence-corrected chi connectivity index (χ4v) is 3.05. The summed E-state index contributed by atoms with van der Waals surface area (Å²) in [5.41, 5.74) is 4.23. The molecule has 3 heterocycles. The molecule has 4 rings (SSSR count). The highest BCUT2D eigenvalue weighted by atomic mass is 35.5. The van der Waals surface area contributed by atoms with E-state index in [4.69, 9.17) is 16.6 Å². The van der Waals surface area contributed by atoms with E-state index in [1.165, 1.54) is 0 Å². The molecule has 3 aromatic heterocycles. The van der Waals surface area contributed by atoms with E-state index in [1.54, 1.807) is 10.9 Å².